The number of benzene rings is 3. The molecule has 170 valence electrons. The molecule has 0 saturated carbocycles. The van der Waals surface area contributed by atoms with Crippen molar-refractivity contribution >= 4 is 55.9 Å². The van der Waals surface area contributed by atoms with Crippen molar-refractivity contribution in [2.75, 3.05) is 6.61 Å². The minimum atomic E-state index is -0.712. The summed E-state index contributed by atoms with van der Waals surface area (Å²) in [7, 11) is 0. The maximum Gasteiger partial charge on any atom is 0.339 e. The van der Waals surface area contributed by atoms with Crippen LogP contribution in [0, 0.1) is 17.0 Å². The van der Waals surface area contributed by atoms with Crippen LogP contribution in [0.3, 0.4) is 0 Å². The van der Waals surface area contributed by atoms with Gasteiger partial charge in [0.05, 0.1) is 21.7 Å². The summed E-state index contributed by atoms with van der Waals surface area (Å²) < 4.78 is 6.05. The van der Waals surface area contributed by atoms with Gasteiger partial charge in [0.2, 0.25) is 5.78 Å². The fourth-order valence-corrected chi connectivity index (χ4v) is 3.90. The van der Waals surface area contributed by atoms with Gasteiger partial charge in [-0.3, -0.25) is 14.9 Å². The van der Waals surface area contributed by atoms with Crippen LogP contribution < -0.4 is 0 Å². The summed E-state index contributed by atoms with van der Waals surface area (Å²) in [5, 5.41) is 11.6. The van der Waals surface area contributed by atoms with Gasteiger partial charge in [0, 0.05) is 27.1 Å². The third kappa shape index (κ3) is 4.98. The molecule has 1 aromatic heterocycles. The van der Waals surface area contributed by atoms with E-state index in [1.807, 2.05) is 37.3 Å². The number of aryl methyl sites for hydroxylation is 1. The van der Waals surface area contributed by atoms with Gasteiger partial charge in [-0.15, -0.1) is 0 Å². The van der Waals surface area contributed by atoms with Gasteiger partial charge in [0.15, 0.2) is 6.61 Å². The molecule has 0 unspecified atom stereocenters. The Kier molecular flexibility index (Phi) is 6.72. The number of hydrogen-bond donors (Lipinski definition) is 0. The molecule has 0 fully saturated rings. The summed E-state index contributed by atoms with van der Waals surface area (Å²) >= 11 is 9.20. The van der Waals surface area contributed by atoms with E-state index in [1.54, 1.807) is 18.2 Å². The molecule has 3 aromatic carbocycles. The number of nitro benzene ring substituents is 1. The molecule has 4 rings (SSSR count). The Labute approximate surface area is 207 Å². The van der Waals surface area contributed by atoms with E-state index < -0.39 is 29.0 Å². The topological polar surface area (TPSA) is 99.4 Å². The number of ketones is 1. The number of halogens is 2. The lowest BCUT2D eigenvalue weighted by atomic mass is 10.0. The zero-order valence-electron chi connectivity index (χ0n) is 17.7. The van der Waals surface area contributed by atoms with Gasteiger partial charge < -0.3 is 4.74 Å². The van der Waals surface area contributed by atoms with E-state index in [4.69, 9.17) is 16.3 Å². The lowest BCUT2D eigenvalue weighted by molar-refractivity contribution is -0.384. The van der Waals surface area contributed by atoms with E-state index in [2.05, 4.69) is 20.9 Å². The van der Waals surface area contributed by atoms with Crippen molar-refractivity contribution in [3.63, 3.8) is 0 Å². The number of carbonyl (C=O) groups is 2. The summed E-state index contributed by atoms with van der Waals surface area (Å²) in [5.74, 6) is -1.30. The van der Waals surface area contributed by atoms with Crippen LogP contribution in [-0.2, 0) is 4.74 Å². The summed E-state index contributed by atoms with van der Waals surface area (Å²) in [4.78, 5) is 40.6. The standard InChI is InChI=1S/C25H16BrClN2O5/c1-14-2-4-15(5-3-14)22-12-19(18-11-17(26)7-9-21(18)28-22)25(31)34-13-24(30)16-6-8-20(27)23(10-16)29(32)33/h2-12H,13H2,1H3. The van der Waals surface area contributed by atoms with Crippen LogP contribution in [-0.4, -0.2) is 28.3 Å². The number of rotatable bonds is 6. The second-order valence-electron chi connectivity index (χ2n) is 7.51. The first-order chi connectivity index (χ1) is 16.2. The van der Waals surface area contributed by atoms with Gasteiger partial charge >= 0.3 is 5.97 Å². The Morgan fingerprint density at radius 3 is 2.50 bits per heavy atom. The van der Waals surface area contributed by atoms with Gasteiger partial charge in [-0.1, -0.05) is 57.4 Å². The normalized spacial score (nSPS) is 10.8. The molecule has 9 heteroatoms. The molecule has 0 amide bonds. The predicted octanol–water partition coefficient (Wildman–Crippen LogP) is 6.57. The molecule has 7 nitrogen and oxygen atoms in total. The fraction of sp³-hybridized carbons (Fsp3) is 0.0800. The van der Waals surface area contributed by atoms with E-state index >= 15 is 0 Å². The number of carbonyl (C=O) groups excluding carboxylic acids is 2. The number of Topliss-reactive ketones (excluding diaryl/α,β-unsaturated/α-hetero) is 1. The third-order valence-electron chi connectivity index (χ3n) is 5.14. The van der Waals surface area contributed by atoms with Crippen LogP contribution in [0.25, 0.3) is 22.2 Å². The number of ether oxygens (including phenoxy) is 1. The quantitative estimate of drug-likeness (QED) is 0.119. The van der Waals surface area contributed by atoms with E-state index in [9.17, 15) is 19.7 Å². The molecule has 0 aliphatic rings. The Balaban J connectivity index is 1.64. The Hall–Kier alpha value is -3.62. The zero-order valence-corrected chi connectivity index (χ0v) is 20.1. The molecule has 0 N–H and O–H groups in total. The predicted molar refractivity (Wildman–Crippen MR) is 132 cm³/mol. The SMILES string of the molecule is Cc1ccc(-c2cc(C(=O)OCC(=O)c3ccc(Cl)c([N+](=O)[O-])c3)c3cc(Br)ccc3n2)cc1. The third-order valence-corrected chi connectivity index (χ3v) is 5.95. The average Bonchev–Trinajstić information content (AvgIpc) is 2.82. The molecular formula is C25H16BrClN2O5. The van der Waals surface area contributed by atoms with Crippen LogP contribution in [0.1, 0.15) is 26.3 Å². The fourth-order valence-electron chi connectivity index (χ4n) is 3.36. The highest BCUT2D eigenvalue weighted by Gasteiger charge is 2.20. The molecule has 34 heavy (non-hydrogen) atoms. The Morgan fingerprint density at radius 1 is 1.06 bits per heavy atom. The molecule has 0 saturated heterocycles. The van der Waals surface area contributed by atoms with Crippen LogP contribution in [0.15, 0.2) is 71.2 Å². The summed E-state index contributed by atoms with van der Waals surface area (Å²) in [6.07, 6.45) is 0. The number of aromatic nitrogens is 1. The van der Waals surface area contributed by atoms with Gasteiger partial charge in [0.1, 0.15) is 5.02 Å². The first kappa shape index (κ1) is 23.5. The molecule has 0 aliphatic heterocycles. The second-order valence-corrected chi connectivity index (χ2v) is 8.83. The number of esters is 1. The van der Waals surface area contributed by atoms with Crippen LogP contribution in [0.4, 0.5) is 5.69 Å². The maximum absolute atomic E-state index is 13.0. The van der Waals surface area contributed by atoms with E-state index in [-0.39, 0.29) is 16.1 Å². The van der Waals surface area contributed by atoms with Crippen molar-refractivity contribution in [1.82, 2.24) is 4.98 Å². The first-order valence-corrected chi connectivity index (χ1v) is 11.2. The number of pyridine rings is 1. The van der Waals surface area contributed by atoms with Crippen molar-refractivity contribution in [2.45, 2.75) is 6.92 Å². The highest BCUT2D eigenvalue weighted by molar-refractivity contribution is 9.10. The number of hydrogen-bond acceptors (Lipinski definition) is 6. The van der Waals surface area contributed by atoms with Crippen LogP contribution in [0.5, 0.6) is 0 Å². The maximum atomic E-state index is 13.0. The van der Waals surface area contributed by atoms with Gasteiger partial charge in [-0.25, -0.2) is 9.78 Å². The Morgan fingerprint density at radius 2 is 1.79 bits per heavy atom. The lowest BCUT2D eigenvalue weighted by Gasteiger charge is -2.11. The Bertz CT molecular complexity index is 1450. The van der Waals surface area contributed by atoms with Crippen LogP contribution in [0.2, 0.25) is 5.02 Å². The highest BCUT2D eigenvalue weighted by Crippen LogP contribution is 2.29. The van der Waals surface area contributed by atoms with Gasteiger partial charge in [-0.2, -0.15) is 0 Å². The number of nitrogens with zero attached hydrogens (tertiary/aromatic N) is 2. The average molecular weight is 540 g/mol. The highest BCUT2D eigenvalue weighted by atomic mass is 79.9. The minimum Gasteiger partial charge on any atom is -0.454 e. The van der Waals surface area contributed by atoms with Gasteiger partial charge in [0.25, 0.3) is 5.69 Å². The van der Waals surface area contributed by atoms with Crippen molar-refractivity contribution in [1.29, 1.82) is 0 Å². The molecule has 4 aromatic rings. The van der Waals surface area contributed by atoms with Gasteiger partial charge in [-0.05, 0) is 43.3 Å². The number of fused-ring (bicyclic) bond motifs is 1. The van der Waals surface area contributed by atoms with E-state index in [0.717, 1.165) is 21.7 Å². The lowest BCUT2D eigenvalue weighted by Crippen LogP contribution is -2.15. The zero-order chi connectivity index (χ0) is 24.4. The largest absolute Gasteiger partial charge is 0.454 e. The minimum absolute atomic E-state index is 0.0200. The van der Waals surface area contributed by atoms with E-state index in [0.29, 0.717) is 16.6 Å². The van der Waals surface area contributed by atoms with Crippen molar-refractivity contribution in [2.24, 2.45) is 0 Å². The molecule has 0 atom stereocenters. The number of nitro groups is 1. The van der Waals surface area contributed by atoms with E-state index in [1.165, 1.54) is 12.1 Å². The van der Waals surface area contributed by atoms with Crippen molar-refractivity contribution in [3.8, 4) is 11.3 Å². The summed E-state index contributed by atoms with van der Waals surface area (Å²) in [6, 6.07) is 18.4. The monoisotopic (exact) mass is 538 g/mol. The summed E-state index contributed by atoms with van der Waals surface area (Å²) in [6.45, 7) is 1.39. The molecule has 0 bridgehead atoms. The molecular weight excluding hydrogens is 524 g/mol. The molecule has 0 spiro atoms. The first-order valence-electron chi connectivity index (χ1n) is 10.0. The molecule has 0 aliphatic carbocycles. The molecule has 1 heterocycles. The van der Waals surface area contributed by atoms with Crippen molar-refractivity contribution in [3.05, 3.63) is 103 Å². The van der Waals surface area contributed by atoms with Crippen LogP contribution >= 0.6 is 27.5 Å². The second kappa shape index (κ2) is 9.70. The summed E-state index contributed by atoms with van der Waals surface area (Å²) in [5.41, 5.74) is 2.97. The molecule has 0 radical (unpaired) electrons. The smallest absolute Gasteiger partial charge is 0.339 e. The van der Waals surface area contributed by atoms with Crippen molar-refractivity contribution < 1.29 is 19.2 Å².